The lowest BCUT2D eigenvalue weighted by atomic mass is 9.79. The predicted octanol–water partition coefficient (Wildman–Crippen LogP) is 5.28. The highest BCUT2D eigenvalue weighted by Gasteiger charge is 2.23. The van der Waals surface area contributed by atoms with Crippen molar-refractivity contribution in [2.45, 2.75) is 52.5 Å². The minimum Gasteiger partial charge on any atom is -0.381 e. The van der Waals surface area contributed by atoms with Crippen LogP contribution >= 0.6 is 11.6 Å². The number of rotatable bonds is 3. The third-order valence-corrected chi connectivity index (χ3v) is 4.60. The Labute approximate surface area is 116 Å². The molecule has 0 aromatic heterocycles. The molecule has 0 atom stereocenters. The van der Waals surface area contributed by atoms with Gasteiger partial charge in [-0.1, -0.05) is 37.6 Å². The van der Waals surface area contributed by atoms with Crippen molar-refractivity contribution in [2.24, 2.45) is 11.8 Å². The van der Waals surface area contributed by atoms with Gasteiger partial charge in [0.15, 0.2) is 0 Å². The largest absolute Gasteiger partial charge is 0.381 e. The first-order chi connectivity index (χ1) is 8.58. The SMILES string of the molecule is Cc1cccc(Cl)c1NC1CCC(C(C)C)CC1. The number of hydrogen-bond donors (Lipinski definition) is 1. The van der Waals surface area contributed by atoms with Gasteiger partial charge in [0.2, 0.25) is 0 Å². The molecule has 18 heavy (non-hydrogen) atoms. The fourth-order valence-corrected chi connectivity index (χ4v) is 3.23. The molecule has 0 aliphatic heterocycles. The van der Waals surface area contributed by atoms with E-state index in [2.05, 4.69) is 32.2 Å². The van der Waals surface area contributed by atoms with Gasteiger partial charge in [0.25, 0.3) is 0 Å². The van der Waals surface area contributed by atoms with E-state index in [-0.39, 0.29) is 0 Å². The maximum absolute atomic E-state index is 6.27. The Kier molecular flexibility index (Phi) is 4.55. The van der Waals surface area contributed by atoms with Crippen molar-refractivity contribution in [3.8, 4) is 0 Å². The molecule has 1 N–H and O–H groups in total. The van der Waals surface area contributed by atoms with E-state index in [1.54, 1.807) is 0 Å². The summed E-state index contributed by atoms with van der Waals surface area (Å²) in [7, 11) is 0. The Hall–Kier alpha value is -0.690. The summed E-state index contributed by atoms with van der Waals surface area (Å²) in [4.78, 5) is 0. The first kappa shape index (κ1) is 13.7. The number of para-hydroxylation sites is 1. The molecule has 1 aliphatic carbocycles. The Morgan fingerprint density at radius 1 is 1.17 bits per heavy atom. The molecule has 0 heterocycles. The van der Waals surface area contributed by atoms with Crippen LogP contribution in [0.3, 0.4) is 0 Å². The molecule has 2 heteroatoms. The topological polar surface area (TPSA) is 12.0 Å². The minimum absolute atomic E-state index is 0.596. The van der Waals surface area contributed by atoms with Crippen LogP contribution in [0.15, 0.2) is 18.2 Å². The number of benzene rings is 1. The summed E-state index contributed by atoms with van der Waals surface area (Å²) in [6.07, 6.45) is 5.23. The maximum atomic E-state index is 6.27. The van der Waals surface area contributed by atoms with E-state index in [0.717, 1.165) is 22.5 Å². The van der Waals surface area contributed by atoms with Crippen LogP contribution in [0, 0.1) is 18.8 Å². The first-order valence-electron chi connectivity index (χ1n) is 7.09. The summed E-state index contributed by atoms with van der Waals surface area (Å²) in [5, 5.41) is 4.49. The summed E-state index contributed by atoms with van der Waals surface area (Å²) < 4.78 is 0. The van der Waals surface area contributed by atoms with Gasteiger partial charge in [-0.15, -0.1) is 0 Å². The fraction of sp³-hybridized carbons (Fsp3) is 0.625. The van der Waals surface area contributed by atoms with Crippen LogP contribution < -0.4 is 5.32 Å². The number of halogens is 1. The highest BCUT2D eigenvalue weighted by Crippen LogP contribution is 2.33. The Bertz CT molecular complexity index is 372. The third kappa shape index (κ3) is 3.20. The lowest BCUT2D eigenvalue weighted by molar-refractivity contribution is 0.267. The van der Waals surface area contributed by atoms with Gasteiger partial charge in [-0.3, -0.25) is 0 Å². The minimum atomic E-state index is 0.596. The predicted molar refractivity (Wildman–Crippen MR) is 80.4 cm³/mol. The van der Waals surface area contributed by atoms with Gasteiger partial charge in [0.1, 0.15) is 0 Å². The first-order valence-corrected chi connectivity index (χ1v) is 7.47. The van der Waals surface area contributed by atoms with Gasteiger partial charge in [0.05, 0.1) is 10.7 Å². The molecule has 0 bridgehead atoms. The normalized spacial score (nSPS) is 24.3. The molecule has 0 saturated heterocycles. The van der Waals surface area contributed by atoms with Crippen LogP contribution in [-0.4, -0.2) is 6.04 Å². The van der Waals surface area contributed by atoms with E-state index >= 15 is 0 Å². The van der Waals surface area contributed by atoms with E-state index in [1.807, 2.05) is 12.1 Å². The zero-order valence-corrected chi connectivity index (χ0v) is 12.4. The number of anilines is 1. The quantitative estimate of drug-likeness (QED) is 0.785. The second-order valence-corrected chi connectivity index (χ2v) is 6.34. The Balaban J connectivity index is 1.96. The summed E-state index contributed by atoms with van der Waals surface area (Å²) in [6.45, 7) is 6.81. The lowest BCUT2D eigenvalue weighted by Crippen LogP contribution is -2.28. The van der Waals surface area contributed by atoms with Crippen LogP contribution in [0.4, 0.5) is 5.69 Å². The van der Waals surface area contributed by atoms with Crippen LogP contribution in [0.1, 0.15) is 45.1 Å². The zero-order valence-electron chi connectivity index (χ0n) is 11.7. The molecule has 0 amide bonds. The molecule has 1 aromatic rings. The van der Waals surface area contributed by atoms with Crippen molar-refractivity contribution in [1.82, 2.24) is 0 Å². The van der Waals surface area contributed by atoms with Gasteiger partial charge in [-0.25, -0.2) is 0 Å². The van der Waals surface area contributed by atoms with Crippen molar-refractivity contribution in [3.63, 3.8) is 0 Å². The number of aryl methyl sites for hydroxylation is 1. The van der Waals surface area contributed by atoms with Gasteiger partial charge in [-0.05, 0) is 56.1 Å². The monoisotopic (exact) mass is 265 g/mol. The summed E-state index contributed by atoms with van der Waals surface area (Å²) in [5.74, 6) is 1.74. The van der Waals surface area contributed by atoms with Crippen molar-refractivity contribution in [1.29, 1.82) is 0 Å². The van der Waals surface area contributed by atoms with Gasteiger partial charge < -0.3 is 5.32 Å². The molecule has 1 nitrogen and oxygen atoms in total. The fourth-order valence-electron chi connectivity index (χ4n) is 2.95. The van der Waals surface area contributed by atoms with Gasteiger partial charge in [-0.2, -0.15) is 0 Å². The highest BCUT2D eigenvalue weighted by molar-refractivity contribution is 6.33. The van der Waals surface area contributed by atoms with Crippen LogP contribution in [0.25, 0.3) is 0 Å². The highest BCUT2D eigenvalue weighted by atomic mass is 35.5. The van der Waals surface area contributed by atoms with E-state index in [9.17, 15) is 0 Å². The van der Waals surface area contributed by atoms with Gasteiger partial charge in [0, 0.05) is 6.04 Å². The molecular weight excluding hydrogens is 242 g/mol. The average Bonchev–Trinajstić information content (AvgIpc) is 2.34. The van der Waals surface area contributed by atoms with Gasteiger partial charge >= 0.3 is 0 Å². The van der Waals surface area contributed by atoms with E-state index in [4.69, 9.17) is 11.6 Å². The Morgan fingerprint density at radius 2 is 1.83 bits per heavy atom. The molecule has 2 rings (SSSR count). The maximum Gasteiger partial charge on any atom is 0.0640 e. The van der Waals surface area contributed by atoms with Crippen molar-refractivity contribution >= 4 is 17.3 Å². The molecule has 0 spiro atoms. The summed E-state index contributed by atoms with van der Waals surface area (Å²) in [6, 6.07) is 6.70. The molecule has 1 aliphatic rings. The molecule has 1 saturated carbocycles. The molecular formula is C16H24ClN. The smallest absolute Gasteiger partial charge is 0.0640 e. The summed E-state index contributed by atoms with van der Waals surface area (Å²) >= 11 is 6.27. The second-order valence-electron chi connectivity index (χ2n) is 5.93. The zero-order chi connectivity index (χ0) is 13.1. The average molecular weight is 266 g/mol. The second kappa shape index (κ2) is 5.97. The molecule has 1 fully saturated rings. The van der Waals surface area contributed by atoms with Crippen molar-refractivity contribution < 1.29 is 0 Å². The number of nitrogens with one attached hydrogen (secondary N) is 1. The molecule has 0 unspecified atom stereocenters. The Morgan fingerprint density at radius 3 is 2.39 bits per heavy atom. The van der Waals surface area contributed by atoms with E-state index in [1.165, 1.54) is 31.2 Å². The van der Waals surface area contributed by atoms with E-state index < -0.39 is 0 Å². The molecule has 100 valence electrons. The van der Waals surface area contributed by atoms with Crippen molar-refractivity contribution in [3.05, 3.63) is 28.8 Å². The number of hydrogen-bond acceptors (Lipinski definition) is 1. The molecule has 1 aromatic carbocycles. The van der Waals surface area contributed by atoms with Crippen LogP contribution in [0.2, 0.25) is 5.02 Å². The standard InChI is InChI=1S/C16H24ClN/c1-11(2)13-7-9-14(10-8-13)18-16-12(3)5-4-6-15(16)17/h4-6,11,13-14,18H,7-10H2,1-3H3. The van der Waals surface area contributed by atoms with Crippen LogP contribution in [-0.2, 0) is 0 Å². The lowest BCUT2D eigenvalue weighted by Gasteiger charge is -2.32. The third-order valence-electron chi connectivity index (χ3n) is 4.29. The van der Waals surface area contributed by atoms with Crippen LogP contribution in [0.5, 0.6) is 0 Å². The van der Waals surface area contributed by atoms with E-state index in [0.29, 0.717) is 6.04 Å². The molecule has 0 radical (unpaired) electrons. The summed E-state index contributed by atoms with van der Waals surface area (Å²) in [5.41, 5.74) is 2.38. The van der Waals surface area contributed by atoms with Crippen molar-refractivity contribution in [2.75, 3.05) is 5.32 Å².